The van der Waals surface area contributed by atoms with Crippen molar-refractivity contribution < 1.29 is 14.3 Å². The Morgan fingerprint density at radius 1 is 0.967 bits per heavy atom. The van der Waals surface area contributed by atoms with Gasteiger partial charge >= 0.3 is 0 Å². The number of carbonyl (C=O) groups excluding carboxylic acids is 1. The Morgan fingerprint density at radius 3 is 2.43 bits per heavy atom. The van der Waals surface area contributed by atoms with Crippen molar-refractivity contribution in [1.29, 1.82) is 0 Å². The van der Waals surface area contributed by atoms with Gasteiger partial charge in [0.25, 0.3) is 5.91 Å². The van der Waals surface area contributed by atoms with Crippen LogP contribution in [-0.2, 0) is 11.4 Å². The van der Waals surface area contributed by atoms with Gasteiger partial charge in [0.15, 0.2) is 16.7 Å². The monoisotopic (exact) mass is 416 g/mol. The van der Waals surface area contributed by atoms with Crippen molar-refractivity contribution in [3.63, 3.8) is 0 Å². The number of methoxy groups -OCH3 is 1. The second kappa shape index (κ2) is 9.33. The van der Waals surface area contributed by atoms with Gasteiger partial charge in [0.2, 0.25) is 0 Å². The molecule has 6 heteroatoms. The molecule has 0 atom stereocenters. The highest BCUT2D eigenvalue weighted by molar-refractivity contribution is 8.18. The molecule has 3 aromatic rings. The highest BCUT2D eigenvalue weighted by atomic mass is 32.2. The molecule has 1 heterocycles. The molecule has 1 N–H and O–H groups in total. The Morgan fingerprint density at radius 2 is 1.70 bits per heavy atom. The maximum atomic E-state index is 12.3. The molecule has 0 spiro atoms. The molecule has 5 nitrogen and oxygen atoms in total. The topological polar surface area (TPSA) is 59.9 Å². The zero-order valence-electron chi connectivity index (χ0n) is 16.4. The van der Waals surface area contributed by atoms with Gasteiger partial charge in [-0.25, -0.2) is 4.99 Å². The number of carbonyl (C=O) groups is 1. The molecule has 0 saturated carbocycles. The molecule has 150 valence electrons. The van der Waals surface area contributed by atoms with E-state index in [1.54, 1.807) is 7.11 Å². The minimum absolute atomic E-state index is 0.168. The molecule has 0 aromatic heterocycles. The second-order valence-electron chi connectivity index (χ2n) is 6.50. The zero-order chi connectivity index (χ0) is 20.8. The molecule has 0 unspecified atom stereocenters. The Bertz CT molecular complexity index is 1100. The highest BCUT2D eigenvalue weighted by Crippen LogP contribution is 2.32. The maximum Gasteiger partial charge on any atom is 0.264 e. The van der Waals surface area contributed by atoms with Gasteiger partial charge in [0.05, 0.1) is 17.7 Å². The fraction of sp³-hybridized carbons (Fsp3) is 0.0833. The molecule has 1 aliphatic heterocycles. The molecule has 4 rings (SSSR count). The van der Waals surface area contributed by atoms with Crippen molar-refractivity contribution in [2.75, 3.05) is 7.11 Å². The fourth-order valence-corrected chi connectivity index (χ4v) is 3.72. The molecule has 3 aromatic carbocycles. The smallest absolute Gasteiger partial charge is 0.264 e. The van der Waals surface area contributed by atoms with Crippen molar-refractivity contribution in [3.8, 4) is 11.5 Å². The van der Waals surface area contributed by atoms with E-state index in [9.17, 15) is 4.79 Å². The van der Waals surface area contributed by atoms with Gasteiger partial charge < -0.3 is 14.8 Å². The number of nitrogens with one attached hydrogen (secondary N) is 1. The summed E-state index contributed by atoms with van der Waals surface area (Å²) in [6.07, 6.45) is 1.82. The summed E-state index contributed by atoms with van der Waals surface area (Å²) in [5.41, 5.74) is 2.72. The van der Waals surface area contributed by atoms with Gasteiger partial charge in [0.1, 0.15) is 6.61 Å². The van der Waals surface area contributed by atoms with Crippen LogP contribution in [0.3, 0.4) is 0 Å². The second-order valence-corrected chi connectivity index (χ2v) is 7.53. The molecule has 1 amide bonds. The molecular formula is C24H20N2O3S. The largest absolute Gasteiger partial charge is 0.493 e. The van der Waals surface area contributed by atoms with Gasteiger partial charge in [-0.3, -0.25) is 4.79 Å². The summed E-state index contributed by atoms with van der Waals surface area (Å²) in [4.78, 5) is 17.4. The number of amidine groups is 1. The predicted octanol–water partition coefficient (Wildman–Crippen LogP) is 5.17. The fourth-order valence-electron chi connectivity index (χ4n) is 2.88. The van der Waals surface area contributed by atoms with Gasteiger partial charge in [-0.1, -0.05) is 54.6 Å². The van der Waals surface area contributed by atoms with E-state index in [-0.39, 0.29) is 5.91 Å². The van der Waals surface area contributed by atoms with Crippen LogP contribution < -0.4 is 14.8 Å². The Kier molecular flexibility index (Phi) is 6.15. The molecule has 1 saturated heterocycles. The van der Waals surface area contributed by atoms with Gasteiger partial charge in [-0.15, -0.1) is 0 Å². The van der Waals surface area contributed by atoms with Crippen molar-refractivity contribution in [3.05, 3.63) is 94.9 Å². The first-order valence-corrected chi connectivity index (χ1v) is 10.2. The molecule has 1 aliphatic rings. The van der Waals surface area contributed by atoms with Crippen molar-refractivity contribution in [2.45, 2.75) is 6.61 Å². The number of aliphatic imine (C=N–C) groups is 1. The maximum absolute atomic E-state index is 12.3. The lowest BCUT2D eigenvalue weighted by Gasteiger charge is -2.11. The third-order valence-corrected chi connectivity index (χ3v) is 5.27. The summed E-state index contributed by atoms with van der Waals surface area (Å²) in [6, 6.07) is 25.1. The van der Waals surface area contributed by atoms with E-state index in [0.717, 1.165) is 16.8 Å². The van der Waals surface area contributed by atoms with E-state index in [1.807, 2.05) is 84.9 Å². The van der Waals surface area contributed by atoms with Crippen LogP contribution in [0, 0.1) is 0 Å². The molecule has 1 fully saturated rings. The van der Waals surface area contributed by atoms with E-state index in [1.165, 1.54) is 11.8 Å². The number of thioether (sulfide) groups is 1. The van der Waals surface area contributed by atoms with Crippen LogP contribution in [0.1, 0.15) is 11.1 Å². The number of nitrogens with zero attached hydrogens (tertiary/aromatic N) is 1. The summed E-state index contributed by atoms with van der Waals surface area (Å²) in [5, 5.41) is 3.36. The molecule has 30 heavy (non-hydrogen) atoms. The number of hydrogen-bond donors (Lipinski definition) is 1. The lowest BCUT2D eigenvalue weighted by Crippen LogP contribution is -2.19. The van der Waals surface area contributed by atoms with Gasteiger partial charge in [-0.2, -0.15) is 0 Å². The van der Waals surface area contributed by atoms with E-state index < -0.39 is 0 Å². The standard InChI is InChI=1S/C24H20N2O3S/c1-28-21-14-18(12-13-20(21)29-16-17-8-4-2-5-9-17)15-22-23(27)26-24(30-22)25-19-10-6-3-7-11-19/h2-15H,16H2,1H3,(H,25,26,27)/b22-15-. The summed E-state index contributed by atoms with van der Waals surface area (Å²) < 4.78 is 11.4. The number of rotatable bonds is 6. The summed E-state index contributed by atoms with van der Waals surface area (Å²) >= 11 is 1.31. The van der Waals surface area contributed by atoms with Crippen LogP contribution in [-0.4, -0.2) is 18.2 Å². The average Bonchev–Trinajstić information content (AvgIpc) is 3.12. The van der Waals surface area contributed by atoms with E-state index in [0.29, 0.717) is 28.2 Å². The first-order chi connectivity index (χ1) is 14.7. The lowest BCUT2D eigenvalue weighted by molar-refractivity contribution is -0.115. The summed E-state index contributed by atoms with van der Waals surface area (Å²) in [6.45, 7) is 0.454. The third-order valence-electron chi connectivity index (χ3n) is 4.36. The van der Waals surface area contributed by atoms with E-state index in [2.05, 4.69) is 10.3 Å². The molecule has 0 aliphatic carbocycles. The first-order valence-electron chi connectivity index (χ1n) is 9.41. The molecular weight excluding hydrogens is 396 g/mol. The van der Waals surface area contributed by atoms with Gasteiger partial charge in [0, 0.05) is 0 Å². The normalized spacial score (nSPS) is 16.0. The van der Waals surface area contributed by atoms with E-state index >= 15 is 0 Å². The third kappa shape index (κ3) is 4.90. The van der Waals surface area contributed by atoms with E-state index in [4.69, 9.17) is 9.47 Å². The summed E-state index contributed by atoms with van der Waals surface area (Å²) in [5.74, 6) is 1.10. The predicted molar refractivity (Wildman–Crippen MR) is 121 cm³/mol. The molecule has 0 bridgehead atoms. The Labute approximate surface area is 179 Å². The van der Waals surface area contributed by atoms with Gasteiger partial charge in [-0.05, 0) is 53.2 Å². The van der Waals surface area contributed by atoms with Crippen LogP contribution in [0.4, 0.5) is 5.69 Å². The first kappa shape index (κ1) is 19.8. The number of para-hydroxylation sites is 1. The SMILES string of the molecule is COc1cc(/C=C2\SC(=Nc3ccccc3)NC2=O)ccc1OCc1ccccc1. The minimum atomic E-state index is -0.168. The van der Waals surface area contributed by atoms with Crippen LogP contribution in [0.5, 0.6) is 11.5 Å². The number of hydrogen-bond acceptors (Lipinski definition) is 5. The average molecular weight is 417 g/mol. The highest BCUT2D eigenvalue weighted by Gasteiger charge is 2.24. The van der Waals surface area contributed by atoms with Crippen molar-refractivity contribution >= 4 is 34.6 Å². The zero-order valence-corrected chi connectivity index (χ0v) is 17.2. The Hall–Kier alpha value is -3.51. The van der Waals surface area contributed by atoms with Crippen LogP contribution in [0.25, 0.3) is 6.08 Å². The number of ether oxygens (including phenoxy) is 2. The van der Waals surface area contributed by atoms with Crippen molar-refractivity contribution in [2.24, 2.45) is 4.99 Å². The lowest BCUT2D eigenvalue weighted by atomic mass is 10.2. The number of amides is 1. The van der Waals surface area contributed by atoms with Crippen molar-refractivity contribution in [1.82, 2.24) is 5.32 Å². The quantitative estimate of drug-likeness (QED) is 0.564. The number of benzene rings is 3. The van der Waals surface area contributed by atoms with Crippen LogP contribution >= 0.6 is 11.8 Å². The molecule has 0 radical (unpaired) electrons. The van der Waals surface area contributed by atoms with Crippen LogP contribution in [0.2, 0.25) is 0 Å². The Balaban J connectivity index is 1.49. The van der Waals surface area contributed by atoms with Crippen LogP contribution in [0.15, 0.2) is 88.8 Å². The summed E-state index contributed by atoms with van der Waals surface area (Å²) in [7, 11) is 1.60. The minimum Gasteiger partial charge on any atom is -0.493 e.